The van der Waals surface area contributed by atoms with E-state index in [0.29, 0.717) is 9.86 Å². The summed E-state index contributed by atoms with van der Waals surface area (Å²) in [5.41, 5.74) is 0. The molecule has 96 valence electrons. The fraction of sp³-hybridized carbons (Fsp3) is 0. The van der Waals surface area contributed by atoms with Gasteiger partial charge in [-0.25, -0.2) is 0 Å². The van der Waals surface area contributed by atoms with E-state index in [9.17, 15) is 5.11 Å². The van der Waals surface area contributed by atoms with Gasteiger partial charge in [0.15, 0.2) is 0 Å². The predicted molar refractivity (Wildman–Crippen MR) is 99.5 cm³/mol. The zero-order chi connectivity index (χ0) is 13.8. The Kier molecular flexibility index (Phi) is 5.35. The van der Waals surface area contributed by atoms with Crippen molar-refractivity contribution >= 4 is 122 Å². The first kappa shape index (κ1) is 16.2. The van der Waals surface area contributed by atoms with Gasteiger partial charge in [-0.2, -0.15) is 0 Å². The highest BCUT2D eigenvalue weighted by molar-refractivity contribution is 9.15. The first-order valence-corrected chi connectivity index (χ1v) is 9.85. The lowest BCUT2D eigenvalue weighted by molar-refractivity contribution is 0.477. The molecule has 0 atom stereocenters. The molecule has 1 N–H and O–H groups in total. The van der Waals surface area contributed by atoms with Crippen molar-refractivity contribution in [1.82, 2.24) is 0 Å². The van der Waals surface area contributed by atoms with E-state index in [4.69, 9.17) is 0 Å². The molecule has 2 aromatic carbocycles. The predicted octanol–water partition coefficient (Wildman–Crippen LogP) is 7.88. The number of rotatable bonds is 0. The first-order chi connectivity index (χ1) is 8.29. The Bertz CT molecular complexity index is 567. The highest BCUT2D eigenvalue weighted by Crippen LogP contribution is 2.53. The summed E-state index contributed by atoms with van der Waals surface area (Å²) in [6.45, 7) is 0. The van der Waals surface area contributed by atoms with E-state index in [2.05, 4.69) is 112 Å². The van der Waals surface area contributed by atoms with Crippen LogP contribution in [0.2, 0.25) is 0 Å². The van der Waals surface area contributed by atoms with E-state index in [1.165, 1.54) is 0 Å². The molecule has 0 saturated carbocycles. The molecular weight excluding hydrogens is 695 g/mol. The van der Waals surface area contributed by atoms with Gasteiger partial charge in [-0.3, -0.25) is 0 Å². The van der Waals surface area contributed by atoms with Crippen LogP contribution < -0.4 is 0 Å². The van der Waals surface area contributed by atoms with Gasteiger partial charge in [-0.05, 0) is 112 Å². The molecule has 0 bridgehead atoms. The topological polar surface area (TPSA) is 20.2 Å². The van der Waals surface area contributed by atoms with Crippen LogP contribution in [0.1, 0.15) is 0 Å². The summed E-state index contributed by atoms with van der Waals surface area (Å²) in [5, 5.41) is 11.9. The van der Waals surface area contributed by atoms with E-state index in [1.807, 2.05) is 0 Å². The second kappa shape index (κ2) is 5.93. The lowest BCUT2D eigenvalue weighted by Gasteiger charge is -2.15. The van der Waals surface area contributed by atoms with E-state index in [-0.39, 0.29) is 5.75 Å². The lowest BCUT2D eigenvalue weighted by Crippen LogP contribution is -1.88. The number of benzene rings is 2. The minimum Gasteiger partial charge on any atom is -0.506 e. The van der Waals surface area contributed by atoms with Gasteiger partial charge in [0.05, 0.1) is 8.95 Å². The normalized spacial score (nSPS) is 11.3. The third-order valence-electron chi connectivity index (χ3n) is 2.32. The number of hydrogen-bond acceptors (Lipinski definition) is 1. The van der Waals surface area contributed by atoms with Crippen molar-refractivity contribution in [3.8, 4) is 5.75 Å². The fourth-order valence-electron chi connectivity index (χ4n) is 1.48. The Hall–Kier alpha value is 1.86. The molecule has 18 heavy (non-hydrogen) atoms. The SMILES string of the molecule is Oc1c(Br)c(Br)c(Br)c2c(Br)c(Br)c(Br)c(Br)c12. The minimum atomic E-state index is 0.167. The second-order valence-corrected chi connectivity index (χ2v) is 8.85. The van der Waals surface area contributed by atoms with Crippen molar-refractivity contribution in [2.75, 3.05) is 0 Å². The summed E-state index contributed by atoms with van der Waals surface area (Å²) < 4.78 is 5.54. The lowest BCUT2D eigenvalue weighted by atomic mass is 10.1. The molecule has 0 saturated heterocycles. The maximum atomic E-state index is 10.3. The Labute approximate surface area is 162 Å². The van der Waals surface area contributed by atoms with Crippen LogP contribution in [0.15, 0.2) is 31.3 Å². The van der Waals surface area contributed by atoms with Crippen LogP contribution in [-0.2, 0) is 0 Å². The molecule has 0 heterocycles. The van der Waals surface area contributed by atoms with Crippen LogP contribution in [-0.4, -0.2) is 5.11 Å². The maximum absolute atomic E-state index is 10.3. The molecule has 0 aromatic heterocycles. The first-order valence-electron chi connectivity index (χ1n) is 4.30. The molecular formula is C10HBr7O. The molecule has 0 amide bonds. The molecule has 0 fully saturated rings. The third-order valence-corrected chi connectivity index (χ3v) is 10.5. The standard InChI is InChI=1S/C10HBr7O/c11-3-1-2(5(13)7(15)6(3)14)10(18)9(17)8(16)4(1)12/h18H. The zero-order valence-electron chi connectivity index (χ0n) is 8.09. The van der Waals surface area contributed by atoms with Crippen LogP contribution in [0.25, 0.3) is 10.8 Å². The molecule has 1 nitrogen and oxygen atoms in total. The van der Waals surface area contributed by atoms with Gasteiger partial charge in [-0.1, -0.05) is 0 Å². The van der Waals surface area contributed by atoms with Crippen LogP contribution >= 0.6 is 112 Å². The molecule has 0 spiro atoms. The van der Waals surface area contributed by atoms with Crippen LogP contribution in [0.4, 0.5) is 0 Å². The van der Waals surface area contributed by atoms with Crippen molar-refractivity contribution in [2.45, 2.75) is 0 Å². The van der Waals surface area contributed by atoms with Gasteiger partial charge in [0, 0.05) is 33.1 Å². The van der Waals surface area contributed by atoms with Crippen molar-refractivity contribution in [3.05, 3.63) is 31.3 Å². The highest BCUT2D eigenvalue weighted by Gasteiger charge is 2.22. The molecule has 0 aliphatic rings. The average Bonchev–Trinajstić information content (AvgIpc) is 2.35. The fourth-order valence-corrected chi connectivity index (χ4v) is 5.89. The molecule has 2 rings (SSSR count). The molecule has 0 aliphatic carbocycles. The average molecular weight is 696 g/mol. The summed E-state index contributed by atoms with van der Waals surface area (Å²) in [6, 6.07) is 0. The molecule has 0 radical (unpaired) electrons. The van der Waals surface area contributed by atoms with Crippen LogP contribution in [0.5, 0.6) is 5.75 Å². The summed E-state index contributed by atoms with van der Waals surface area (Å²) in [7, 11) is 0. The van der Waals surface area contributed by atoms with Crippen LogP contribution in [0.3, 0.4) is 0 Å². The Morgan fingerprint density at radius 3 is 1.22 bits per heavy atom. The number of hydrogen-bond donors (Lipinski definition) is 1. The van der Waals surface area contributed by atoms with Crippen molar-refractivity contribution < 1.29 is 5.11 Å². The van der Waals surface area contributed by atoms with Gasteiger partial charge in [0.2, 0.25) is 0 Å². The van der Waals surface area contributed by atoms with Gasteiger partial charge in [0.1, 0.15) is 5.75 Å². The number of aromatic hydroxyl groups is 1. The summed E-state index contributed by atoms with van der Waals surface area (Å²) in [6.07, 6.45) is 0. The van der Waals surface area contributed by atoms with Gasteiger partial charge >= 0.3 is 0 Å². The summed E-state index contributed by atoms with van der Waals surface area (Å²) in [4.78, 5) is 0. The minimum absolute atomic E-state index is 0.167. The molecule has 2 aromatic rings. The van der Waals surface area contributed by atoms with Gasteiger partial charge in [0.25, 0.3) is 0 Å². The Morgan fingerprint density at radius 2 is 0.778 bits per heavy atom. The quantitative estimate of drug-likeness (QED) is 0.220. The third kappa shape index (κ3) is 2.41. The Morgan fingerprint density at radius 1 is 0.444 bits per heavy atom. The zero-order valence-corrected chi connectivity index (χ0v) is 19.2. The smallest absolute Gasteiger partial charge is 0.140 e. The molecule has 0 unspecified atom stereocenters. The van der Waals surface area contributed by atoms with E-state index in [1.54, 1.807) is 0 Å². The number of phenolic OH excluding ortho intramolecular Hbond substituents is 1. The van der Waals surface area contributed by atoms with E-state index < -0.39 is 0 Å². The number of fused-ring (bicyclic) bond motifs is 1. The summed E-state index contributed by atoms with van der Waals surface area (Å²) in [5.74, 6) is 0.167. The van der Waals surface area contributed by atoms with Crippen molar-refractivity contribution in [3.63, 3.8) is 0 Å². The number of halogens is 7. The maximum Gasteiger partial charge on any atom is 0.140 e. The van der Waals surface area contributed by atoms with Crippen molar-refractivity contribution in [1.29, 1.82) is 0 Å². The van der Waals surface area contributed by atoms with E-state index >= 15 is 0 Å². The van der Waals surface area contributed by atoms with Gasteiger partial charge in [-0.15, -0.1) is 0 Å². The monoisotopic (exact) mass is 689 g/mol. The van der Waals surface area contributed by atoms with Crippen LogP contribution in [0, 0.1) is 0 Å². The van der Waals surface area contributed by atoms with Crippen molar-refractivity contribution in [2.24, 2.45) is 0 Å². The molecule has 0 aliphatic heterocycles. The second-order valence-electron chi connectivity index (χ2n) is 3.30. The largest absolute Gasteiger partial charge is 0.506 e. The Balaban J connectivity index is 3.22. The molecule has 8 heteroatoms. The highest BCUT2D eigenvalue weighted by atomic mass is 79.9. The number of phenols is 1. The van der Waals surface area contributed by atoms with Gasteiger partial charge < -0.3 is 5.11 Å². The van der Waals surface area contributed by atoms with E-state index in [0.717, 1.165) is 32.2 Å². The summed E-state index contributed by atoms with van der Waals surface area (Å²) >= 11 is 24.3.